The zero-order valence-electron chi connectivity index (χ0n) is 14.4. The molecular formula is C19H24FNO4. The van der Waals surface area contributed by atoms with Crippen molar-refractivity contribution in [3.05, 3.63) is 35.1 Å². The highest BCUT2D eigenvalue weighted by Crippen LogP contribution is 2.30. The van der Waals surface area contributed by atoms with E-state index < -0.39 is 12.1 Å². The first-order valence-electron chi connectivity index (χ1n) is 8.87. The van der Waals surface area contributed by atoms with Crippen LogP contribution in [0.1, 0.15) is 43.6 Å². The van der Waals surface area contributed by atoms with Crippen molar-refractivity contribution in [2.75, 3.05) is 26.4 Å². The van der Waals surface area contributed by atoms with Crippen LogP contribution in [0.5, 0.6) is 0 Å². The Morgan fingerprint density at radius 1 is 1.12 bits per heavy atom. The maximum atomic E-state index is 13.7. The minimum absolute atomic E-state index is 0.00611. The topological polar surface area (TPSA) is 60.7 Å². The Bertz CT molecular complexity index is 602. The predicted octanol–water partition coefficient (Wildman–Crippen LogP) is 3.54. The molecule has 0 radical (unpaired) electrons. The van der Waals surface area contributed by atoms with Crippen molar-refractivity contribution in [3.63, 3.8) is 0 Å². The Morgan fingerprint density at radius 2 is 1.84 bits per heavy atom. The van der Waals surface area contributed by atoms with Crippen LogP contribution in [0.2, 0.25) is 0 Å². The smallest absolute Gasteiger partial charge is 0.183 e. The highest BCUT2D eigenvalue weighted by Gasteiger charge is 2.34. The summed E-state index contributed by atoms with van der Waals surface area (Å²) in [7, 11) is 0. The van der Waals surface area contributed by atoms with Crippen molar-refractivity contribution >= 4 is 0 Å². The molecule has 0 aromatic heterocycles. The van der Waals surface area contributed by atoms with E-state index in [4.69, 9.17) is 24.2 Å². The average molecular weight is 349 g/mol. The van der Waals surface area contributed by atoms with Crippen LogP contribution < -0.4 is 0 Å². The van der Waals surface area contributed by atoms with Gasteiger partial charge < -0.3 is 18.9 Å². The van der Waals surface area contributed by atoms with Gasteiger partial charge in [0.15, 0.2) is 12.6 Å². The van der Waals surface area contributed by atoms with Crippen LogP contribution in [-0.2, 0) is 18.9 Å². The first-order chi connectivity index (χ1) is 12.2. The lowest BCUT2D eigenvalue weighted by atomic mass is 10.0. The van der Waals surface area contributed by atoms with Gasteiger partial charge in [-0.1, -0.05) is 25.8 Å². The Morgan fingerprint density at radius 3 is 2.44 bits per heavy atom. The van der Waals surface area contributed by atoms with E-state index >= 15 is 0 Å². The van der Waals surface area contributed by atoms with Crippen molar-refractivity contribution in [3.8, 4) is 6.07 Å². The normalized spacial score (nSPS) is 30.0. The number of unbranched alkanes of at least 4 members (excludes halogenated alkanes) is 1. The number of hydrogen-bond acceptors (Lipinski definition) is 5. The summed E-state index contributed by atoms with van der Waals surface area (Å²) in [6, 6.07) is 6.18. The molecule has 3 rings (SSSR count). The highest BCUT2D eigenvalue weighted by atomic mass is 19.1. The van der Waals surface area contributed by atoms with Gasteiger partial charge in [0, 0.05) is 11.5 Å². The van der Waals surface area contributed by atoms with Crippen molar-refractivity contribution in [1.29, 1.82) is 5.26 Å². The third-order valence-corrected chi connectivity index (χ3v) is 4.65. The molecule has 2 aliphatic rings. The summed E-state index contributed by atoms with van der Waals surface area (Å²) in [4.78, 5) is 0. The lowest BCUT2D eigenvalue weighted by molar-refractivity contribution is -0.283. The molecule has 1 aromatic rings. The molecule has 2 heterocycles. The van der Waals surface area contributed by atoms with E-state index in [2.05, 4.69) is 6.92 Å². The Kier molecular flexibility index (Phi) is 6.38. The summed E-state index contributed by atoms with van der Waals surface area (Å²) in [6.07, 6.45) is 2.57. The Labute approximate surface area is 147 Å². The third kappa shape index (κ3) is 4.56. The van der Waals surface area contributed by atoms with Gasteiger partial charge in [0.05, 0.1) is 37.9 Å². The number of nitriles is 1. The first-order valence-corrected chi connectivity index (χ1v) is 8.87. The standard InChI is InChI=1S/C19H24FNO4/c1-2-3-4-13-9-22-19(23-10-13)16-11-24-18(25-12-16)14-5-6-15(8-21)17(20)7-14/h5-7,13,16,18-19H,2-4,9-12H2,1H3. The molecule has 5 nitrogen and oxygen atoms in total. The van der Waals surface area contributed by atoms with Crippen molar-refractivity contribution < 1.29 is 23.3 Å². The Balaban J connectivity index is 1.48. The fraction of sp³-hybridized carbons (Fsp3) is 0.632. The number of halogens is 1. The molecule has 6 heteroatoms. The summed E-state index contributed by atoms with van der Waals surface area (Å²) in [5, 5.41) is 8.78. The number of benzene rings is 1. The molecule has 2 saturated heterocycles. The Hall–Kier alpha value is -1.52. The molecule has 1 aromatic carbocycles. The van der Waals surface area contributed by atoms with Crippen LogP contribution in [0.25, 0.3) is 0 Å². The molecule has 0 spiro atoms. The van der Waals surface area contributed by atoms with Crippen LogP contribution >= 0.6 is 0 Å². The van der Waals surface area contributed by atoms with E-state index in [1.54, 1.807) is 12.1 Å². The van der Waals surface area contributed by atoms with E-state index in [1.807, 2.05) is 0 Å². The molecule has 0 saturated carbocycles. The van der Waals surface area contributed by atoms with E-state index in [0.717, 1.165) is 6.42 Å². The monoisotopic (exact) mass is 349 g/mol. The van der Waals surface area contributed by atoms with Gasteiger partial charge in [-0.05, 0) is 18.6 Å². The molecule has 0 atom stereocenters. The summed E-state index contributed by atoms with van der Waals surface area (Å²) < 4.78 is 36.8. The van der Waals surface area contributed by atoms with Crippen molar-refractivity contribution in [1.82, 2.24) is 0 Å². The average Bonchev–Trinajstić information content (AvgIpc) is 2.67. The van der Waals surface area contributed by atoms with Gasteiger partial charge >= 0.3 is 0 Å². The van der Waals surface area contributed by atoms with Crippen molar-refractivity contribution in [2.45, 2.75) is 38.8 Å². The molecule has 2 aliphatic heterocycles. The molecular weight excluding hydrogens is 325 g/mol. The number of ether oxygens (including phenoxy) is 4. The predicted molar refractivity (Wildman–Crippen MR) is 88.0 cm³/mol. The van der Waals surface area contributed by atoms with Gasteiger partial charge in [-0.25, -0.2) is 4.39 Å². The second-order valence-electron chi connectivity index (χ2n) is 6.65. The van der Waals surface area contributed by atoms with Gasteiger partial charge in [-0.2, -0.15) is 5.26 Å². The van der Waals surface area contributed by atoms with E-state index in [1.165, 1.54) is 25.0 Å². The lowest BCUT2D eigenvalue weighted by Crippen LogP contribution is -2.43. The summed E-state index contributed by atoms with van der Waals surface area (Å²) in [5.41, 5.74) is 0.583. The largest absolute Gasteiger partial charge is 0.352 e. The van der Waals surface area contributed by atoms with Gasteiger partial charge in [0.2, 0.25) is 0 Å². The zero-order chi connectivity index (χ0) is 17.6. The maximum absolute atomic E-state index is 13.7. The molecule has 25 heavy (non-hydrogen) atoms. The minimum atomic E-state index is -0.626. The minimum Gasteiger partial charge on any atom is -0.352 e. The molecule has 0 unspecified atom stereocenters. The SMILES string of the molecule is CCCCC1COC(C2COC(c3ccc(C#N)c(F)c3)OC2)OC1. The number of rotatable bonds is 5. The quantitative estimate of drug-likeness (QED) is 0.814. The summed E-state index contributed by atoms with van der Waals surface area (Å²) in [6.45, 7) is 4.46. The molecule has 136 valence electrons. The van der Waals surface area contributed by atoms with Crippen molar-refractivity contribution in [2.24, 2.45) is 11.8 Å². The summed E-state index contributed by atoms with van der Waals surface area (Å²) in [5.74, 6) is -0.0889. The zero-order valence-corrected chi connectivity index (χ0v) is 14.4. The fourth-order valence-corrected chi connectivity index (χ4v) is 3.13. The van der Waals surface area contributed by atoms with E-state index in [9.17, 15) is 4.39 Å². The van der Waals surface area contributed by atoms with E-state index in [0.29, 0.717) is 37.9 Å². The molecule has 0 aliphatic carbocycles. The molecule has 0 amide bonds. The number of nitrogens with zero attached hydrogens (tertiary/aromatic N) is 1. The molecule has 0 bridgehead atoms. The second kappa shape index (κ2) is 8.72. The van der Waals surface area contributed by atoms with Crippen LogP contribution in [0.15, 0.2) is 18.2 Å². The fourth-order valence-electron chi connectivity index (χ4n) is 3.13. The highest BCUT2D eigenvalue weighted by molar-refractivity contribution is 5.33. The lowest BCUT2D eigenvalue weighted by Gasteiger charge is -2.37. The van der Waals surface area contributed by atoms with Crippen LogP contribution in [0.4, 0.5) is 4.39 Å². The van der Waals surface area contributed by atoms with Gasteiger partial charge in [0.25, 0.3) is 0 Å². The number of hydrogen-bond donors (Lipinski definition) is 0. The van der Waals surface area contributed by atoms with Gasteiger partial charge in [-0.3, -0.25) is 0 Å². The van der Waals surface area contributed by atoms with Crippen LogP contribution in [0, 0.1) is 29.0 Å². The van der Waals surface area contributed by atoms with Gasteiger partial charge in [-0.15, -0.1) is 0 Å². The van der Waals surface area contributed by atoms with E-state index in [-0.39, 0.29) is 17.8 Å². The maximum Gasteiger partial charge on any atom is 0.183 e. The second-order valence-corrected chi connectivity index (χ2v) is 6.65. The summed E-state index contributed by atoms with van der Waals surface area (Å²) >= 11 is 0. The van der Waals surface area contributed by atoms with Crippen LogP contribution in [0.3, 0.4) is 0 Å². The molecule has 0 N–H and O–H groups in total. The van der Waals surface area contributed by atoms with Gasteiger partial charge in [0.1, 0.15) is 11.9 Å². The first kappa shape index (κ1) is 18.3. The third-order valence-electron chi connectivity index (χ3n) is 4.65. The molecule has 2 fully saturated rings. The van der Waals surface area contributed by atoms with Crippen LogP contribution in [-0.4, -0.2) is 32.7 Å².